The maximum absolute atomic E-state index is 3.73. The molecule has 1 heterocycles. The molecule has 0 aromatic carbocycles. The molecule has 0 bridgehead atoms. The molecule has 0 amide bonds. The summed E-state index contributed by atoms with van der Waals surface area (Å²) in [7, 11) is 0. The Morgan fingerprint density at radius 2 is 2.07 bits per heavy atom. The first-order valence-electron chi connectivity index (χ1n) is 6.39. The molecule has 0 aromatic heterocycles. The first kappa shape index (κ1) is 12.7. The Kier molecular flexibility index (Phi) is 6.69. The molecule has 2 heteroatoms. The largest absolute Gasteiger partial charge is 0.313 e. The number of likely N-dealkylation sites (tertiary alicyclic amines) is 1. The van der Waals surface area contributed by atoms with Crippen molar-refractivity contribution in [3.05, 3.63) is 12.7 Å². The highest BCUT2D eigenvalue weighted by atomic mass is 15.1. The van der Waals surface area contributed by atoms with Gasteiger partial charge >= 0.3 is 0 Å². The molecule has 2 nitrogen and oxygen atoms in total. The van der Waals surface area contributed by atoms with Gasteiger partial charge in [0.1, 0.15) is 0 Å². The van der Waals surface area contributed by atoms with E-state index < -0.39 is 0 Å². The lowest BCUT2D eigenvalue weighted by Crippen LogP contribution is -2.41. The maximum atomic E-state index is 3.73. The Bertz CT molecular complexity index is 162. The lowest BCUT2D eigenvalue weighted by Gasteiger charge is -2.29. The first-order valence-corrected chi connectivity index (χ1v) is 6.39. The molecule has 15 heavy (non-hydrogen) atoms. The van der Waals surface area contributed by atoms with Crippen molar-refractivity contribution in [2.24, 2.45) is 0 Å². The van der Waals surface area contributed by atoms with Gasteiger partial charge in [-0.1, -0.05) is 12.5 Å². The number of rotatable bonds is 7. The summed E-state index contributed by atoms with van der Waals surface area (Å²) in [6.45, 7) is 11.0. The van der Waals surface area contributed by atoms with E-state index in [1.807, 2.05) is 6.08 Å². The Morgan fingerprint density at radius 3 is 2.73 bits per heavy atom. The highest BCUT2D eigenvalue weighted by Crippen LogP contribution is 2.08. The molecule has 0 saturated carbocycles. The number of nitrogens with one attached hydrogen (secondary N) is 1. The van der Waals surface area contributed by atoms with Gasteiger partial charge in [-0.15, -0.1) is 6.58 Å². The molecule has 0 radical (unpaired) electrons. The van der Waals surface area contributed by atoms with Crippen molar-refractivity contribution >= 4 is 0 Å². The van der Waals surface area contributed by atoms with E-state index in [0.29, 0.717) is 6.04 Å². The van der Waals surface area contributed by atoms with Gasteiger partial charge in [0.25, 0.3) is 0 Å². The Morgan fingerprint density at radius 1 is 1.33 bits per heavy atom. The normalized spacial score (nSPS) is 20.1. The molecule has 1 aliphatic heterocycles. The van der Waals surface area contributed by atoms with Crippen LogP contribution in [0.25, 0.3) is 0 Å². The van der Waals surface area contributed by atoms with Crippen molar-refractivity contribution in [1.29, 1.82) is 0 Å². The Labute approximate surface area is 94.7 Å². The molecule has 1 atom stereocenters. The molecule has 88 valence electrons. The van der Waals surface area contributed by atoms with Crippen LogP contribution in [0.3, 0.4) is 0 Å². The number of hydrogen-bond donors (Lipinski definition) is 1. The fourth-order valence-corrected chi connectivity index (χ4v) is 2.19. The molecule has 1 rings (SSSR count). The van der Waals surface area contributed by atoms with Gasteiger partial charge in [0.05, 0.1) is 0 Å². The van der Waals surface area contributed by atoms with Crippen LogP contribution in [0.2, 0.25) is 0 Å². The maximum Gasteiger partial charge on any atom is 0.0166 e. The van der Waals surface area contributed by atoms with E-state index in [9.17, 15) is 0 Å². The fourth-order valence-electron chi connectivity index (χ4n) is 2.19. The van der Waals surface area contributed by atoms with E-state index in [-0.39, 0.29) is 0 Å². The highest BCUT2D eigenvalue weighted by Gasteiger charge is 2.12. The van der Waals surface area contributed by atoms with Crippen molar-refractivity contribution in [1.82, 2.24) is 10.2 Å². The van der Waals surface area contributed by atoms with Gasteiger partial charge in [0, 0.05) is 12.6 Å². The monoisotopic (exact) mass is 210 g/mol. The molecular formula is C13H26N2. The minimum absolute atomic E-state index is 0.632. The van der Waals surface area contributed by atoms with Crippen LogP contribution in [0, 0.1) is 0 Å². The quantitative estimate of drug-likeness (QED) is 0.513. The van der Waals surface area contributed by atoms with Crippen LogP contribution < -0.4 is 5.32 Å². The smallest absolute Gasteiger partial charge is 0.0166 e. The zero-order valence-corrected chi connectivity index (χ0v) is 10.2. The van der Waals surface area contributed by atoms with Gasteiger partial charge in [-0.2, -0.15) is 0 Å². The van der Waals surface area contributed by atoms with Crippen molar-refractivity contribution in [2.45, 2.75) is 45.1 Å². The van der Waals surface area contributed by atoms with E-state index in [4.69, 9.17) is 0 Å². The van der Waals surface area contributed by atoms with Crippen molar-refractivity contribution in [3.8, 4) is 0 Å². The first-order chi connectivity index (χ1) is 7.33. The molecule has 1 saturated heterocycles. The second kappa shape index (κ2) is 7.89. The highest BCUT2D eigenvalue weighted by molar-refractivity contribution is 4.72. The summed E-state index contributed by atoms with van der Waals surface area (Å²) in [6, 6.07) is 0.632. The summed E-state index contributed by atoms with van der Waals surface area (Å²) >= 11 is 0. The standard InChI is InChI=1S/C13H26N2/c1-3-4-6-9-14-13(2)12-15-10-7-5-8-11-15/h3,13-14H,1,4-12H2,2H3. The van der Waals surface area contributed by atoms with Crippen LogP contribution >= 0.6 is 0 Å². The van der Waals surface area contributed by atoms with Crippen LogP contribution in [0.4, 0.5) is 0 Å². The van der Waals surface area contributed by atoms with Crippen molar-refractivity contribution in [3.63, 3.8) is 0 Å². The van der Waals surface area contributed by atoms with E-state index in [0.717, 1.165) is 13.0 Å². The number of allylic oxidation sites excluding steroid dienone is 1. The Balaban J connectivity index is 2.01. The number of hydrogen-bond acceptors (Lipinski definition) is 2. The lowest BCUT2D eigenvalue weighted by molar-refractivity contribution is 0.209. The van der Waals surface area contributed by atoms with Gasteiger partial charge in [0.2, 0.25) is 0 Å². The molecule has 0 aromatic rings. The zero-order chi connectivity index (χ0) is 10.9. The summed E-state index contributed by atoms with van der Waals surface area (Å²) < 4.78 is 0. The molecule has 1 fully saturated rings. The van der Waals surface area contributed by atoms with Gasteiger partial charge in [-0.3, -0.25) is 0 Å². The van der Waals surface area contributed by atoms with Crippen molar-refractivity contribution in [2.75, 3.05) is 26.2 Å². The SMILES string of the molecule is C=CCCCNC(C)CN1CCCCC1. The minimum atomic E-state index is 0.632. The summed E-state index contributed by atoms with van der Waals surface area (Å²) in [5, 5.41) is 3.58. The van der Waals surface area contributed by atoms with Gasteiger partial charge < -0.3 is 10.2 Å². The molecule has 0 spiro atoms. The summed E-state index contributed by atoms with van der Waals surface area (Å²) in [6.07, 6.45) is 8.55. The number of piperidine rings is 1. The predicted octanol–water partition coefficient (Wildman–Crippen LogP) is 2.42. The van der Waals surface area contributed by atoms with Crippen LogP contribution in [0.15, 0.2) is 12.7 Å². The second-order valence-electron chi connectivity index (χ2n) is 4.65. The van der Waals surface area contributed by atoms with Gasteiger partial charge in [0.15, 0.2) is 0 Å². The predicted molar refractivity (Wildman–Crippen MR) is 67.2 cm³/mol. The molecule has 1 unspecified atom stereocenters. The van der Waals surface area contributed by atoms with Crippen LogP contribution in [0.5, 0.6) is 0 Å². The molecular weight excluding hydrogens is 184 g/mol. The van der Waals surface area contributed by atoms with E-state index in [1.54, 1.807) is 0 Å². The minimum Gasteiger partial charge on any atom is -0.313 e. The average molecular weight is 210 g/mol. The van der Waals surface area contributed by atoms with Gasteiger partial charge in [-0.05, 0) is 52.2 Å². The van der Waals surface area contributed by atoms with E-state index in [2.05, 4.69) is 23.7 Å². The Hall–Kier alpha value is -0.340. The van der Waals surface area contributed by atoms with Crippen LogP contribution in [0.1, 0.15) is 39.0 Å². The van der Waals surface area contributed by atoms with E-state index >= 15 is 0 Å². The molecule has 1 N–H and O–H groups in total. The molecule has 1 aliphatic rings. The number of unbranched alkanes of at least 4 members (excludes halogenated alkanes) is 1. The van der Waals surface area contributed by atoms with Crippen LogP contribution in [-0.2, 0) is 0 Å². The van der Waals surface area contributed by atoms with Crippen LogP contribution in [-0.4, -0.2) is 37.1 Å². The third kappa shape index (κ3) is 5.95. The average Bonchev–Trinajstić information content (AvgIpc) is 2.26. The molecule has 0 aliphatic carbocycles. The van der Waals surface area contributed by atoms with Crippen molar-refractivity contribution < 1.29 is 0 Å². The number of nitrogens with zero attached hydrogens (tertiary/aromatic N) is 1. The summed E-state index contributed by atoms with van der Waals surface area (Å²) in [5.74, 6) is 0. The third-order valence-electron chi connectivity index (χ3n) is 3.06. The van der Waals surface area contributed by atoms with E-state index in [1.165, 1.54) is 45.3 Å². The summed E-state index contributed by atoms with van der Waals surface area (Å²) in [4.78, 5) is 2.59. The third-order valence-corrected chi connectivity index (χ3v) is 3.06. The topological polar surface area (TPSA) is 15.3 Å². The summed E-state index contributed by atoms with van der Waals surface area (Å²) in [5.41, 5.74) is 0. The zero-order valence-electron chi connectivity index (χ0n) is 10.2. The van der Waals surface area contributed by atoms with Gasteiger partial charge in [-0.25, -0.2) is 0 Å². The fraction of sp³-hybridized carbons (Fsp3) is 0.846. The lowest BCUT2D eigenvalue weighted by atomic mass is 10.1. The second-order valence-corrected chi connectivity index (χ2v) is 4.65.